The Morgan fingerprint density at radius 1 is 0.952 bits per heavy atom. The summed E-state index contributed by atoms with van der Waals surface area (Å²) in [7, 11) is 0. The molecule has 2 amide bonds. The van der Waals surface area contributed by atoms with E-state index in [0.717, 1.165) is 17.2 Å². The highest BCUT2D eigenvalue weighted by molar-refractivity contribution is 7.81. The first kappa shape index (κ1) is 46.4. The number of halogens is 5. The van der Waals surface area contributed by atoms with E-state index in [-0.39, 0.29) is 83.4 Å². The van der Waals surface area contributed by atoms with Gasteiger partial charge in [0.1, 0.15) is 29.7 Å². The summed E-state index contributed by atoms with van der Waals surface area (Å²) in [4.78, 5) is 60.7. The van der Waals surface area contributed by atoms with E-state index in [0.29, 0.717) is 50.4 Å². The van der Waals surface area contributed by atoms with Gasteiger partial charge in [0.2, 0.25) is 5.91 Å². The van der Waals surface area contributed by atoms with Crippen LogP contribution in [0.5, 0.6) is 5.75 Å². The van der Waals surface area contributed by atoms with Gasteiger partial charge in [-0.2, -0.15) is 23.7 Å². The van der Waals surface area contributed by atoms with E-state index in [1.165, 1.54) is 43.0 Å². The molecule has 6 rings (SSSR count). The number of hydrogen-bond acceptors (Lipinski definition) is 12. The Morgan fingerprint density at radius 3 is 2.27 bits per heavy atom. The number of nitrogens with one attached hydrogen (secondary N) is 2. The van der Waals surface area contributed by atoms with Gasteiger partial charge in [-0.25, -0.2) is 13.8 Å². The summed E-state index contributed by atoms with van der Waals surface area (Å²) in [6.07, 6.45) is -3.57. The topological polar surface area (TPSA) is 175 Å². The number of aromatic nitrogens is 1. The lowest BCUT2D eigenvalue weighted by Crippen LogP contribution is -2.58. The standard InChI is InChI=1S/C43H44F5N9O5S/c1-24-22-55(23-38(60)53-28-13-26(18-49)12-27(14-28)52-34-8-7-31(58)17-36(34)59)25(2)21-54(24)10-11-62-37-9-6-29(15-33(37)42(5,44)45)57-40(63)56(39(61)41(57,3)4)30-16-32(43(46,47)48)35(19-50)51-20-30/h6,9,12-16,20,24-25,34,52H,7-8,10-11,17,21-23H2,1-5H3,(H,53,60)/t24-,25-,34?/m1/s1. The predicted octanol–water partition coefficient (Wildman–Crippen LogP) is 6.39. The maximum atomic E-state index is 15.2. The molecule has 0 radical (unpaired) electrons. The van der Waals surface area contributed by atoms with Crippen molar-refractivity contribution in [1.82, 2.24) is 14.8 Å². The number of carbonyl (C=O) groups is 4. The number of hydrogen-bond donors (Lipinski definition) is 2. The van der Waals surface area contributed by atoms with Crippen LogP contribution >= 0.6 is 12.2 Å². The highest BCUT2D eigenvalue weighted by Gasteiger charge is 2.51. The minimum atomic E-state index is -4.96. The van der Waals surface area contributed by atoms with Gasteiger partial charge >= 0.3 is 6.18 Å². The molecule has 1 aliphatic carbocycles. The summed E-state index contributed by atoms with van der Waals surface area (Å²) < 4.78 is 77.7. The van der Waals surface area contributed by atoms with Gasteiger partial charge in [-0.05, 0) is 88.8 Å². The number of ether oxygens (including phenoxy) is 1. The van der Waals surface area contributed by atoms with Gasteiger partial charge < -0.3 is 20.3 Å². The number of carbonyl (C=O) groups excluding carboxylic acids is 4. The second kappa shape index (κ2) is 17.9. The Balaban J connectivity index is 1.08. The van der Waals surface area contributed by atoms with Crippen molar-refractivity contribution in [2.75, 3.05) is 53.2 Å². The van der Waals surface area contributed by atoms with Crippen LogP contribution in [0.1, 0.15) is 76.3 Å². The Hall–Kier alpha value is -6.09. The number of anilines is 4. The largest absolute Gasteiger partial charge is 0.492 e. The van der Waals surface area contributed by atoms with Gasteiger partial charge in [0, 0.05) is 62.1 Å². The first-order valence-electron chi connectivity index (χ1n) is 20.0. The minimum Gasteiger partial charge on any atom is -0.492 e. The van der Waals surface area contributed by atoms with Crippen molar-refractivity contribution in [1.29, 1.82) is 10.5 Å². The fraction of sp³-hybridized carbons (Fsp3) is 0.442. The molecule has 0 spiro atoms. The SMILES string of the molecule is C[C@@H]1CN(CC(=O)Nc2cc(C#N)cc(NC3CCC(=O)CC3=O)c2)[C@H](C)CN1CCOc1ccc(N2C(=S)N(c3cnc(C#N)c(C(F)(F)F)c3)C(=O)C2(C)C)cc1C(C)(F)F. The van der Waals surface area contributed by atoms with E-state index in [2.05, 4.69) is 26.6 Å². The number of Topliss-reactive ketones (excluding diaryl/α,β-unsaturated/α-hetero) is 2. The molecule has 20 heteroatoms. The van der Waals surface area contributed by atoms with Crippen LogP contribution in [0.25, 0.3) is 0 Å². The minimum absolute atomic E-state index is 0.0153. The highest BCUT2D eigenvalue weighted by atomic mass is 32.1. The molecule has 0 bridgehead atoms. The second-order valence-corrected chi connectivity index (χ2v) is 16.8. The third kappa shape index (κ3) is 10.1. The number of alkyl halides is 5. The van der Waals surface area contributed by atoms with Crippen molar-refractivity contribution in [3.05, 3.63) is 71.0 Å². The lowest BCUT2D eigenvalue weighted by atomic mass is 9.93. The number of piperazine rings is 1. The van der Waals surface area contributed by atoms with Crippen LogP contribution in [0.3, 0.4) is 0 Å². The number of nitriles is 2. The number of nitrogens with zero attached hydrogens (tertiary/aromatic N) is 7. The molecule has 1 saturated carbocycles. The fourth-order valence-electron chi connectivity index (χ4n) is 8.00. The van der Waals surface area contributed by atoms with Crippen LogP contribution in [-0.2, 0) is 31.3 Å². The Kier molecular flexibility index (Phi) is 13.2. The van der Waals surface area contributed by atoms with Crippen molar-refractivity contribution in [3.8, 4) is 17.9 Å². The Bertz CT molecular complexity index is 2430. The first-order valence-corrected chi connectivity index (χ1v) is 20.4. The molecule has 3 heterocycles. The van der Waals surface area contributed by atoms with Crippen molar-refractivity contribution in [3.63, 3.8) is 0 Å². The molecule has 2 N–H and O–H groups in total. The fourth-order valence-corrected chi connectivity index (χ4v) is 8.52. The summed E-state index contributed by atoms with van der Waals surface area (Å²) in [6, 6.07) is 11.9. The predicted molar refractivity (Wildman–Crippen MR) is 225 cm³/mol. The third-order valence-electron chi connectivity index (χ3n) is 11.3. The van der Waals surface area contributed by atoms with Crippen molar-refractivity contribution >= 4 is 63.5 Å². The molecule has 63 heavy (non-hydrogen) atoms. The number of ketones is 2. The number of amides is 2. The van der Waals surface area contributed by atoms with Crippen LogP contribution in [0, 0.1) is 22.7 Å². The van der Waals surface area contributed by atoms with Gasteiger partial charge in [-0.15, -0.1) is 0 Å². The molecule has 1 aromatic heterocycles. The molecule has 14 nitrogen and oxygen atoms in total. The van der Waals surface area contributed by atoms with Crippen LogP contribution < -0.4 is 25.2 Å². The van der Waals surface area contributed by atoms with Crippen molar-refractivity contribution in [2.24, 2.45) is 0 Å². The Morgan fingerprint density at radius 2 is 1.62 bits per heavy atom. The smallest absolute Gasteiger partial charge is 0.419 e. The summed E-state index contributed by atoms with van der Waals surface area (Å²) in [5.41, 5.74) is -3.47. The van der Waals surface area contributed by atoms with E-state index in [1.54, 1.807) is 12.1 Å². The average molecular weight is 894 g/mol. The van der Waals surface area contributed by atoms with Crippen LogP contribution in [0.15, 0.2) is 48.7 Å². The molecule has 2 saturated heterocycles. The zero-order valence-electron chi connectivity index (χ0n) is 35.0. The zero-order valence-corrected chi connectivity index (χ0v) is 35.8. The van der Waals surface area contributed by atoms with E-state index in [4.69, 9.17) is 17.0 Å². The third-order valence-corrected chi connectivity index (χ3v) is 11.7. The van der Waals surface area contributed by atoms with Crippen LogP contribution in [0.2, 0.25) is 0 Å². The van der Waals surface area contributed by atoms with Crippen LogP contribution in [0.4, 0.5) is 44.7 Å². The van der Waals surface area contributed by atoms with Crippen LogP contribution in [-0.4, -0.2) is 99.7 Å². The number of thiocarbonyl (C=S) groups is 1. The van der Waals surface area contributed by atoms with Gasteiger partial charge in [-0.3, -0.25) is 33.9 Å². The molecule has 3 aliphatic rings. The van der Waals surface area contributed by atoms with Crippen molar-refractivity contribution < 1.29 is 45.9 Å². The van der Waals surface area contributed by atoms with Gasteiger partial charge in [0.15, 0.2) is 16.6 Å². The molecule has 2 aliphatic heterocycles. The monoisotopic (exact) mass is 893 g/mol. The molecule has 1 unspecified atom stereocenters. The van der Waals surface area contributed by atoms with E-state index < -0.39 is 46.4 Å². The molecule has 3 atom stereocenters. The maximum absolute atomic E-state index is 15.2. The second-order valence-electron chi connectivity index (χ2n) is 16.4. The quantitative estimate of drug-likeness (QED) is 0.117. The van der Waals surface area contributed by atoms with E-state index >= 15 is 8.78 Å². The molecular weight excluding hydrogens is 850 g/mol. The summed E-state index contributed by atoms with van der Waals surface area (Å²) in [6.45, 7) is 8.92. The van der Waals surface area contributed by atoms with Gasteiger partial charge in [0.05, 0.1) is 53.7 Å². The Labute approximate surface area is 365 Å². The summed E-state index contributed by atoms with van der Waals surface area (Å²) in [5.74, 6) is -4.96. The lowest BCUT2D eigenvalue weighted by molar-refractivity contribution is -0.138. The lowest BCUT2D eigenvalue weighted by Gasteiger charge is -2.43. The zero-order chi connectivity index (χ0) is 46.2. The molecule has 3 aromatic rings. The number of rotatable bonds is 12. The normalized spacial score (nSPS) is 21.0. The van der Waals surface area contributed by atoms with E-state index in [9.17, 15) is 42.9 Å². The first-order chi connectivity index (χ1) is 29.5. The summed E-state index contributed by atoms with van der Waals surface area (Å²) in [5, 5.41) is 24.4. The highest BCUT2D eigenvalue weighted by Crippen LogP contribution is 2.43. The molecular formula is C43H44F5N9O5S. The maximum Gasteiger partial charge on any atom is 0.419 e. The molecule has 2 aromatic carbocycles. The number of benzene rings is 2. The van der Waals surface area contributed by atoms with Gasteiger partial charge in [-0.1, -0.05) is 0 Å². The summed E-state index contributed by atoms with van der Waals surface area (Å²) >= 11 is 5.56. The molecule has 332 valence electrons. The number of pyridine rings is 1. The average Bonchev–Trinajstić information content (AvgIpc) is 3.38. The van der Waals surface area contributed by atoms with E-state index in [1.807, 2.05) is 18.7 Å². The molecule has 3 fully saturated rings. The van der Waals surface area contributed by atoms with Gasteiger partial charge in [0.25, 0.3) is 11.8 Å². The van der Waals surface area contributed by atoms with Crippen molar-refractivity contribution in [2.45, 2.75) is 89.6 Å².